The van der Waals surface area contributed by atoms with Gasteiger partial charge in [-0.3, -0.25) is 4.90 Å². The maximum absolute atomic E-state index is 12.9. The van der Waals surface area contributed by atoms with E-state index in [0.717, 1.165) is 36.3 Å². The molecule has 1 heterocycles. The van der Waals surface area contributed by atoms with Crippen LogP contribution in [0.1, 0.15) is 26.2 Å². The van der Waals surface area contributed by atoms with E-state index >= 15 is 0 Å². The molecule has 1 fully saturated rings. The summed E-state index contributed by atoms with van der Waals surface area (Å²) in [5.74, 6) is 0.923. The third kappa shape index (κ3) is 5.08. The van der Waals surface area contributed by atoms with Crippen molar-refractivity contribution in [2.75, 3.05) is 31.9 Å². The first-order valence-corrected chi connectivity index (χ1v) is 8.61. The van der Waals surface area contributed by atoms with Gasteiger partial charge in [0.25, 0.3) is 0 Å². The van der Waals surface area contributed by atoms with Crippen LogP contribution in [0.3, 0.4) is 0 Å². The lowest BCUT2D eigenvalue weighted by Gasteiger charge is -2.34. The van der Waals surface area contributed by atoms with Gasteiger partial charge in [-0.05, 0) is 63.2 Å². The Balaban J connectivity index is 1.77. The van der Waals surface area contributed by atoms with Crippen LogP contribution in [0.2, 0.25) is 0 Å². The Labute approximate surface area is 126 Å². The fourth-order valence-electron chi connectivity index (χ4n) is 2.75. The number of thioether (sulfide) groups is 1. The quantitative estimate of drug-likeness (QED) is 0.777. The molecule has 0 atom stereocenters. The Bertz CT molecular complexity index is 377. The van der Waals surface area contributed by atoms with Crippen molar-refractivity contribution in [2.45, 2.75) is 37.1 Å². The van der Waals surface area contributed by atoms with E-state index in [-0.39, 0.29) is 5.82 Å². The topological polar surface area (TPSA) is 15.3 Å². The van der Waals surface area contributed by atoms with Crippen LogP contribution in [-0.2, 0) is 0 Å². The summed E-state index contributed by atoms with van der Waals surface area (Å²) in [7, 11) is 0. The van der Waals surface area contributed by atoms with E-state index in [1.54, 1.807) is 12.1 Å². The van der Waals surface area contributed by atoms with E-state index in [4.69, 9.17) is 0 Å². The molecule has 0 saturated carbocycles. The molecule has 1 saturated heterocycles. The normalized spacial score (nSPS) is 16.8. The minimum atomic E-state index is -0.156. The average molecular weight is 296 g/mol. The second-order valence-electron chi connectivity index (χ2n) is 5.32. The fourth-order valence-corrected chi connectivity index (χ4v) is 3.64. The van der Waals surface area contributed by atoms with Crippen LogP contribution < -0.4 is 5.32 Å². The average Bonchev–Trinajstić information content (AvgIpc) is 2.49. The van der Waals surface area contributed by atoms with Gasteiger partial charge in [0.15, 0.2) is 0 Å². The van der Waals surface area contributed by atoms with Gasteiger partial charge in [-0.15, -0.1) is 11.8 Å². The van der Waals surface area contributed by atoms with Gasteiger partial charge in [0.1, 0.15) is 5.82 Å². The Morgan fingerprint density at radius 3 is 2.55 bits per heavy atom. The highest BCUT2D eigenvalue weighted by Crippen LogP contribution is 2.20. The maximum atomic E-state index is 12.9. The zero-order chi connectivity index (χ0) is 14.2. The summed E-state index contributed by atoms with van der Waals surface area (Å²) in [5, 5.41) is 3.43. The molecule has 2 rings (SSSR count). The van der Waals surface area contributed by atoms with Crippen LogP contribution in [-0.4, -0.2) is 42.9 Å². The number of piperidine rings is 1. The van der Waals surface area contributed by atoms with E-state index in [1.807, 2.05) is 23.9 Å². The van der Waals surface area contributed by atoms with Crippen LogP contribution in [0.15, 0.2) is 29.2 Å². The molecule has 1 aromatic rings. The summed E-state index contributed by atoms with van der Waals surface area (Å²) < 4.78 is 12.9. The Morgan fingerprint density at radius 2 is 1.90 bits per heavy atom. The standard InChI is InChI=1S/C16H25FN2S/c1-2-11-19(15-7-9-18-10-8-15)12-13-20-16-5-3-14(17)4-6-16/h3-6,15,18H,2,7-13H2,1H3. The molecule has 1 aliphatic rings. The zero-order valence-electron chi connectivity index (χ0n) is 12.3. The molecule has 112 valence electrons. The van der Waals surface area contributed by atoms with Gasteiger partial charge < -0.3 is 5.32 Å². The van der Waals surface area contributed by atoms with Crippen molar-refractivity contribution < 1.29 is 4.39 Å². The van der Waals surface area contributed by atoms with Crippen LogP contribution in [0.4, 0.5) is 4.39 Å². The van der Waals surface area contributed by atoms with Crippen molar-refractivity contribution >= 4 is 11.8 Å². The first kappa shape index (κ1) is 15.8. The smallest absolute Gasteiger partial charge is 0.123 e. The van der Waals surface area contributed by atoms with Gasteiger partial charge in [0, 0.05) is 23.2 Å². The molecule has 20 heavy (non-hydrogen) atoms. The lowest BCUT2D eigenvalue weighted by atomic mass is 10.0. The number of benzene rings is 1. The molecule has 0 radical (unpaired) electrons. The highest BCUT2D eigenvalue weighted by Gasteiger charge is 2.19. The minimum Gasteiger partial charge on any atom is -0.317 e. The molecule has 1 N–H and O–H groups in total. The van der Waals surface area contributed by atoms with Gasteiger partial charge in [0.2, 0.25) is 0 Å². The lowest BCUT2D eigenvalue weighted by molar-refractivity contribution is 0.172. The Morgan fingerprint density at radius 1 is 1.20 bits per heavy atom. The minimum absolute atomic E-state index is 0.156. The van der Waals surface area contributed by atoms with Gasteiger partial charge in [-0.2, -0.15) is 0 Å². The summed E-state index contributed by atoms with van der Waals surface area (Å²) >= 11 is 1.82. The van der Waals surface area contributed by atoms with E-state index < -0.39 is 0 Å². The molecule has 1 aromatic carbocycles. The van der Waals surface area contributed by atoms with Crippen LogP contribution in [0.25, 0.3) is 0 Å². The number of nitrogens with one attached hydrogen (secondary N) is 1. The van der Waals surface area contributed by atoms with Gasteiger partial charge in [-0.1, -0.05) is 6.92 Å². The second-order valence-corrected chi connectivity index (χ2v) is 6.49. The van der Waals surface area contributed by atoms with E-state index in [1.165, 1.54) is 25.8 Å². The number of rotatable bonds is 7. The molecular weight excluding hydrogens is 271 g/mol. The number of hydrogen-bond acceptors (Lipinski definition) is 3. The summed E-state index contributed by atoms with van der Waals surface area (Å²) in [6.45, 7) is 6.86. The van der Waals surface area contributed by atoms with Crippen molar-refractivity contribution in [3.63, 3.8) is 0 Å². The molecular formula is C16H25FN2S. The fraction of sp³-hybridized carbons (Fsp3) is 0.625. The monoisotopic (exact) mass is 296 g/mol. The van der Waals surface area contributed by atoms with E-state index in [9.17, 15) is 4.39 Å². The first-order chi connectivity index (χ1) is 9.79. The predicted octanol–water partition coefficient (Wildman–Crippen LogP) is 3.38. The number of hydrogen-bond donors (Lipinski definition) is 1. The Hall–Kier alpha value is -0.580. The molecule has 0 unspecified atom stereocenters. The molecule has 0 bridgehead atoms. The zero-order valence-corrected chi connectivity index (χ0v) is 13.1. The predicted molar refractivity (Wildman–Crippen MR) is 84.9 cm³/mol. The molecule has 4 heteroatoms. The highest BCUT2D eigenvalue weighted by atomic mass is 32.2. The molecule has 1 aliphatic heterocycles. The summed E-state index contributed by atoms with van der Waals surface area (Å²) in [5.41, 5.74) is 0. The molecule has 0 aromatic heterocycles. The second kappa shape index (κ2) is 8.65. The maximum Gasteiger partial charge on any atom is 0.123 e. The first-order valence-electron chi connectivity index (χ1n) is 7.62. The summed E-state index contributed by atoms with van der Waals surface area (Å²) in [4.78, 5) is 3.80. The van der Waals surface area contributed by atoms with E-state index in [0.29, 0.717) is 0 Å². The summed E-state index contributed by atoms with van der Waals surface area (Å²) in [6.07, 6.45) is 3.74. The van der Waals surface area contributed by atoms with Crippen molar-refractivity contribution in [2.24, 2.45) is 0 Å². The molecule has 0 amide bonds. The van der Waals surface area contributed by atoms with Crippen LogP contribution in [0.5, 0.6) is 0 Å². The van der Waals surface area contributed by atoms with Crippen molar-refractivity contribution in [1.82, 2.24) is 10.2 Å². The third-order valence-corrected chi connectivity index (χ3v) is 4.79. The van der Waals surface area contributed by atoms with Crippen molar-refractivity contribution in [3.05, 3.63) is 30.1 Å². The largest absolute Gasteiger partial charge is 0.317 e. The molecule has 0 spiro atoms. The van der Waals surface area contributed by atoms with Crippen molar-refractivity contribution in [1.29, 1.82) is 0 Å². The Kier molecular flexibility index (Phi) is 6.83. The number of halogens is 1. The number of nitrogens with zero attached hydrogens (tertiary/aromatic N) is 1. The molecule has 2 nitrogen and oxygen atoms in total. The van der Waals surface area contributed by atoms with Crippen LogP contribution in [0, 0.1) is 5.82 Å². The lowest BCUT2D eigenvalue weighted by Crippen LogP contribution is -2.44. The highest BCUT2D eigenvalue weighted by molar-refractivity contribution is 7.99. The van der Waals surface area contributed by atoms with Gasteiger partial charge >= 0.3 is 0 Å². The van der Waals surface area contributed by atoms with Crippen LogP contribution >= 0.6 is 11.8 Å². The SMILES string of the molecule is CCCN(CCSc1ccc(F)cc1)C1CCNCC1. The summed E-state index contributed by atoms with van der Waals surface area (Å²) in [6, 6.07) is 7.56. The third-order valence-electron chi connectivity index (χ3n) is 3.80. The van der Waals surface area contributed by atoms with Gasteiger partial charge in [-0.25, -0.2) is 4.39 Å². The molecule has 0 aliphatic carbocycles. The van der Waals surface area contributed by atoms with Crippen molar-refractivity contribution in [3.8, 4) is 0 Å². The van der Waals surface area contributed by atoms with Gasteiger partial charge in [0.05, 0.1) is 0 Å². The van der Waals surface area contributed by atoms with E-state index in [2.05, 4.69) is 17.1 Å².